The van der Waals surface area contributed by atoms with Crippen molar-refractivity contribution in [3.05, 3.63) is 0 Å². The second-order valence-corrected chi connectivity index (χ2v) is 7.66. The summed E-state index contributed by atoms with van der Waals surface area (Å²) in [6, 6.07) is 0. The summed E-state index contributed by atoms with van der Waals surface area (Å²) in [5.41, 5.74) is 5.65. The molecule has 0 bridgehead atoms. The molecule has 1 amide bonds. The van der Waals surface area contributed by atoms with E-state index in [0.717, 1.165) is 50.2 Å². The summed E-state index contributed by atoms with van der Waals surface area (Å²) in [7, 11) is 0. The fourth-order valence-corrected chi connectivity index (χ4v) is 5.03. The molecule has 0 spiro atoms. The highest BCUT2D eigenvalue weighted by Gasteiger charge is 2.37. The number of rotatable bonds is 3. The maximum atomic E-state index is 12.8. The molecule has 21 heavy (non-hydrogen) atoms. The number of nitrogens with zero attached hydrogens (tertiary/aromatic N) is 1. The number of hydrogen-bond donors (Lipinski definition) is 1. The van der Waals surface area contributed by atoms with Crippen molar-refractivity contribution >= 4 is 5.91 Å². The number of fused-ring (bicyclic) bond motifs is 1. The molecular formula is C18H32N2O. The van der Waals surface area contributed by atoms with Gasteiger partial charge in [-0.15, -0.1) is 0 Å². The van der Waals surface area contributed by atoms with E-state index in [1.807, 2.05) is 0 Å². The summed E-state index contributed by atoms with van der Waals surface area (Å²) in [6.07, 6.45) is 12.8. The van der Waals surface area contributed by atoms with E-state index in [1.54, 1.807) is 0 Å². The first kappa shape index (κ1) is 15.3. The van der Waals surface area contributed by atoms with Crippen LogP contribution in [0.15, 0.2) is 0 Å². The zero-order valence-corrected chi connectivity index (χ0v) is 13.4. The van der Waals surface area contributed by atoms with Crippen LogP contribution in [-0.2, 0) is 4.79 Å². The van der Waals surface area contributed by atoms with Gasteiger partial charge in [0.2, 0.25) is 5.91 Å². The zero-order chi connectivity index (χ0) is 14.7. The van der Waals surface area contributed by atoms with Gasteiger partial charge in [-0.3, -0.25) is 4.79 Å². The molecule has 0 aromatic carbocycles. The van der Waals surface area contributed by atoms with Gasteiger partial charge in [0, 0.05) is 19.0 Å². The van der Waals surface area contributed by atoms with Crippen molar-refractivity contribution in [2.24, 2.45) is 29.4 Å². The summed E-state index contributed by atoms with van der Waals surface area (Å²) in [4.78, 5) is 15.0. The Balaban J connectivity index is 1.49. The molecule has 1 aliphatic heterocycles. The lowest BCUT2D eigenvalue weighted by Gasteiger charge is -2.41. The van der Waals surface area contributed by atoms with Crippen LogP contribution >= 0.6 is 0 Å². The van der Waals surface area contributed by atoms with E-state index >= 15 is 0 Å². The highest BCUT2D eigenvalue weighted by Crippen LogP contribution is 2.43. The third kappa shape index (κ3) is 3.61. The van der Waals surface area contributed by atoms with E-state index < -0.39 is 0 Å². The molecule has 3 unspecified atom stereocenters. The molecule has 2 saturated carbocycles. The molecule has 3 rings (SSSR count). The maximum absolute atomic E-state index is 12.8. The van der Waals surface area contributed by atoms with Gasteiger partial charge in [-0.2, -0.15) is 0 Å². The summed E-state index contributed by atoms with van der Waals surface area (Å²) < 4.78 is 0. The minimum atomic E-state index is 0.343. The van der Waals surface area contributed by atoms with Gasteiger partial charge in [-0.1, -0.05) is 25.7 Å². The zero-order valence-electron chi connectivity index (χ0n) is 13.4. The molecule has 0 radical (unpaired) electrons. The Morgan fingerprint density at radius 3 is 2.38 bits per heavy atom. The Kier molecular flexibility index (Phi) is 5.20. The average molecular weight is 292 g/mol. The van der Waals surface area contributed by atoms with Crippen molar-refractivity contribution in [3.8, 4) is 0 Å². The fourth-order valence-electron chi connectivity index (χ4n) is 5.03. The van der Waals surface area contributed by atoms with E-state index in [2.05, 4.69) is 4.90 Å². The predicted octanol–water partition coefficient (Wildman–Crippen LogP) is 3.18. The van der Waals surface area contributed by atoms with Crippen molar-refractivity contribution in [2.75, 3.05) is 19.6 Å². The van der Waals surface area contributed by atoms with E-state index in [1.165, 1.54) is 51.4 Å². The molecule has 0 aromatic heterocycles. The smallest absolute Gasteiger partial charge is 0.225 e. The molecule has 2 N–H and O–H groups in total. The van der Waals surface area contributed by atoms with Crippen molar-refractivity contribution in [2.45, 2.75) is 64.2 Å². The molecule has 120 valence electrons. The van der Waals surface area contributed by atoms with Crippen LogP contribution in [0.1, 0.15) is 64.2 Å². The number of hydrogen-bond acceptors (Lipinski definition) is 2. The molecule has 3 nitrogen and oxygen atoms in total. The lowest BCUT2D eigenvalue weighted by Crippen LogP contribution is -2.44. The number of likely N-dealkylation sites (tertiary alicyclic amines) is 1. The number of amides is 1. The number of carbonyl (C=O) groups is 1. The van der Waals surface area contributed by atoms with Crippen LogP contribution in [0.5, 0.6) is 0 Å². The lowest BCUT2D eigenvalue weighted by molar-refractivity contribution is -0.139. The third-order valence-electron chi connectivity index (χ3n) is 6.39. The molecule has 3 aliphatic rings. The minimum Gasteiger partial charge on any atom is -0.342 e. The van der Waals surface area contributed by atoms with Crippen LogP contribution in [0, 0.1) is 23.7 Å². The molecule has 2 aliphatic carbocycles. The summed E-state index contributed by atoms with van der Waals surface area (Å²) in [5, 5.41) is 0. The molecule has 0 aromatic rings. The Hall–Kier alpha value is -0.570. The van der Waals surface area contributed by atoms with Gasteiger partial charge in [-0.25, -0.2) is 0 Å². The first-order valence-corrected chi connectivity index (χ1v) is 9.26. The Morgan fingerprint density at radius 2 is 1.67 bits per heavy atom. The summed E-state index contributed by atoms with van der Waals surface area (Å²) >= 11 is 0. The SMILES string of the molecule is NCCC1CCN(C(=O)C2CCC3CCCCC3C2)CC1. The van der Waals surface area contributed by atoms with E-state index in [9.17, 15) is 4.79 Å². The first-order chi connectivity index (χ1) is 10.3. The van der Waals surface area contributed by atoms with Gasteiger partial charge in [0.05, 0.1) is 0 Å². The Morgan fingerprint density at radius 1 is 0.952 bits per heavy atom. The lowest BCUT2D eigenvalue weighted by atomic mass is 9.67. The van der Waals surface area contributed by atoms with Gasteiger partial charge in [-0.05, 0) is 62.8 Å². The summed E-state index contributed by atoms with van der Waals surface area (Å²) in [6.45, 7) is 2.76. The third-order valence-corrected chi connectivity index (χ3v) is 6.39. The number of carbonyl (C=O) groups excluding carboxylic acids is 1. The van der Waals surface area contributed by atoms with Crippen LogP contribution in [0.4, 0.5) is 0 Å². The molecule has 3 heteroatoms. The van der Waals surface area contributed by atoms with E-state index in [0.29, 0.717) is 11.8 Å². The van der Waals surface area contributed by atoms with Crippen molar-refractivity contribution in [1.82, 2.24) is 4.90 Å². The second kappa shape index (κ2) is 7.13. The molecule has 3 fully saturated rings. The van der Waals surface area contributed by atoms with Gasteiger partial charge in [0.1, 0.15) is 0 Å². The summed E-state index contributed by atoms with van der Waals surface area (Å²) in [5.74, 6) is 3.38. The van der Waals surface area contributed by atoms with E-state index in [-0.39, 0.29) is 0 Å². The van der Waals surface area contributed by atoms with Crippen LogP contribution in [0.2, 0.25) is 0 Å². The normalized spacial score (nSPS) is 34.5. The average Bonchev–Trinajstić information content (AvgIpc) is 2.55. The van der Waals surface area contributed by atoms with Crippen LogP contribution in [-0.4, -0.2) is 30.4 Å². The number of piperidine rings is 1. The molecule has 1 heterocycles. The Bertz CT molecular complexity index is 349. The monoisotopic (exact) mass is 292 g/mol. The largest absolute Gasteiger partial charge is 0.342 e. The van der Waals surface area contributed by atoms with Crippen LogP contribution < -0.4 is 5.73 Å². The van der Waals surface area contributed by atoms with Gasteiger partial charge in [0.25, 0.3) is 0 Å². The van der Waals surface area contributed by atoms with Crippen molar-refractivity contribution in [3.63, 3.8) is 0 Å². The molecular weight excluding hydrogens is 260 g/mol. The molecule has 1 saturated heterocycles. The highest BCUT2D eigenvalue weighted by molar-refractivity contribution is 5.79. The Labute approximate surface area is 129 Å². The first-order valence-electron chi connectivity index (χ1n) is 9.26. The van der Waals surface area contributed by atoms with Crippen molar-refractivity contribution in [1.29, 1.82) is 0 Å². The minimum absolute atomic E-state index is 0.343. The van der Waals surface area contributed by atoms with E-state index in [4.69, 9.17) is 5.73 Å². The van der Waals surface area contributed by atoms with Gasteiger partial charge in [0.15, 0.2) is 0 Å². The fraction of sp³-hybridized carbons (Fsp3) is 0.944. The van der Waals surface area contributed by atoms with Gasteiger partial charge < -0.3 is 10.6 Å². The van der Waals surface area contributed by atoms with Gasteiger partial charge >= 0.3 is 0 Å². The standard InChI is InChI=1S/C18H32N2O/c19-10-7-14-8-11-20(12-9-14)18(21)17-6-5-15-3-1-2-4-16(15)13-17/h14-17H,1-13,19H2. The predicted molar refractivity (Wildman–Crippen MR) is 85.8 cm³/mol. The topological polar surface area (TPSA) is 46.3 Å². The maximum Gasteiger partial charge on any atom is 0.225 e. The second-order valence-electron chi connectivity index (χ2n) is 7.66. The van der Waals surface area contributed by atoms with Crippen LogP contribution in [0.25, 0.3) is 0 Å². The highest BCUT2D eigenvalue weighted by atomic mass is 16.2. The van der Waals surface area contributed by atoms with Crippen molar-refractivity contribution < 1.29 is 4.79 Å². The molecule has 3 atom stereocenters. The van der Waals surface area contributed by atoms with Crippen LogP contribution in [0.3, 0.4) is 0 Å². The quantitative estimate of drug-likeness (QED) is 0.868. The number of nitrogens with two attached hydrogens (primary N) is 1.